The monoisotopic (exact) mass is 395 g/mol. The molecule has 0 aliphatic heterocycles. The molecule has 30 heavy (non-hydrogen) atoms. The smallest absolute Gasteiger partial charge is 0.123 e. The van der Waals surface area contributed by atoms with Gasteiger partial charge < -0.3 is 15.3 Å². The number of aromatic hydroxyl groups is 3. The molecule has 3 N–H and O–H groups in total. The van der Waals surface area contributed by atoms with Crippen LogP contribution < -0.4 is 0 Å². The summed E-state index contributed by atoms with van der Waals surface area (Å²) >= 11 is 0. The van der Waals surface area contributed by atoms with Crippen LogP contribution in [0.5, 0.6) is 17.2 Å². The van der Waals surface area contributed by atoms with E-state index >= 15 is 0 Å². The van der Waals surface area contributed by atoms with E-state index in [4.69, 9.17) is 0 Å². The topological polar surface area (TPSA) is 60.7 Å². The lowest BCUT2D eigenvalue weighted by molar-refractivity contribution is 0.467. The molecule has 0 saturated carbocycles. The maximum absolute atomic E-state index is 10.6. The first-order valence-electron chi connectivity index (χ1n) is 10.0. The van der Waals surface area contributed by atoms with Gasteiger partial charge in [-0.1, -0.05) is 66.7 Å². The van der Waals surface area contributed by atoms with Crippen molar-refractivity contribution < 1.29 is 15.3 Å². The molecule has 3 heteroatoms. The van der Waals surface area contributed by atoms with Crippen molar-refractivity contribution in [3.8, 4) is 39.5 Å². The van der Waals surface area contributed by atoms with Crippen molar-refractivity contribution in [2.75, 3.05) is 0 Å². The van der Waals surface area contributed by atoms with Gasteiger partial charge in [-0.05, 0) is 65.8 Å². The molecule has 0 spiro atoms. The summed E-state index contributed by atoms with van der Waals surface area (Å²) in [5.41, 5.74) is 5.03. The van der Waals surface area contributed by atoms with E-state index in [1.807, 2.05) is 54.6 Å². The number of benzene rings is 4. The highest BCUT2D eigenvalue weighted by Crippen LogP contribution is 2.42. The molecule has 0 unspecified atom stereocenters. The maximum atomic E-state index is 10.6. The van der Waals surface area contributed by atoms with Gasteiger partial charge >= 0.3 is 0 Å². The molecule has 0 bridgehead atoms. The lowest BCUT2D eigenvalue weighted by atomic mass is 9.87. The van der Waals surface area contributed by atoms with E-state index in [-0.39, 0.29) is 11.5 Å². The van der Waals surface area contributed by atoms with Gasteiger partial charge in [0.1, 0.15) is 17.2 Å². The normalized spacial score (nSPS) is 10.8. The number of hydrogen-bond acceptors (Lipinski definition) is 3. The van der Waals surface area contributed by atoms with Crippen LogP contribution in [0.15, 0.2) is 84.9 Å². The molecule has 1 radical (unpaired) electrons. The van der Waals surface area contributed by atoms with Crippen LogP contribution in [0.1, 0.15) is 17.5 Å². The Morgan fingerprint density at radius 1 is 0.567 bits per heavy atom. The largest absolute Gasteiger partial charge is 0.508 e. The number of aryl methyl sites for hydroxylation is 2. The van der Waals surface area contributed by atoms with Crippen LogP contribution >= 0.6 is 0 Å². The van der Waals surface area contributed by atoms with Gasteiger partial charge in [-0.15, -0.1) is 0 Å². The van der Waals surface area contributed by atoms with Crippen LogP contribution in [0.3, 0.4) is 0 Å². The van der Waals surface area contributed by atoms with Crippen molar-refractivity contribution in [1.82, 2.24) is 0 Å². The van der Waals surface area contributed by atoms with E-state index in [0.29, 0.717) is 16.9 Å². The third kappa shape index (κ3) is 4.01. The van der Waals surface area contributed by atoms with Crippen LogP contribution in [0, 0.1) is 6.07 Å². The molecule has 4 rings (SSSR count). The summed E-state index contributed by atoms with van der Waals surface area (Å²) < 4.78 is 0. The summed E-state index contributed by atoms with van der Waals surface area (Å²) in [6, 6.07) is 29.0. The van der Waals surface area contributed by atoms with E-state index in [2.05, 4.69) is 6.07 Å². The Bertz CT molecular complexity index is 1160. The molecule has 0 aliphatic carbocycles. The Morgan fingerprint density at radius 3 is 1.83 bits per heavy atom. The molecule has 149 valence electrons. The van der Waals surface area contributed by atoms with Crippen LogP contribution in [0.4, 0.5) is 0 Å². The predicted octanol–water partition coefficient (Wildman–Crippen LogP) is 6.11. The summed E-state index contributed by atoms with van der Waals surface area (Å²) in [6.07, 6.45) is 2.28. The predicted molar refractivity (Wildman–Crippen MR) is 120 cm³/mol. The lowest BCUT2D eigenvalue weighted by Crippen LogP contribution is -1.97. The fourth-order valence-corrected chi connectivity index (χ4v) is 3.84. The van der Waals surface area contributed by atoms with E-state index in [9.17, 15) is 15.3 Å². The summed E-state index contributed by atoms with van der Waals surface area (Å²) in [6.45, 7) is 0. The fourth-order valence-electron chi connectivity index (χ4n) is 3.84. The average Bonchev–Trinajstić information content (AvgIpc) is 2.76. The minimum absolute atomic E-state index is 0.190. The van der Waals surface area contributed by atoms with E-state index < -0.39 is 0 Å². The van der Waals surface area contributed by atoms with Crippen LogP contribution in [-0.2, 0) is 12.8 Å². The van der Waals surface area contributed by atoms with Gasteiger partial charge in [0.2, 0.25) is 0 Å². The molecule has 0 fully saturated rings. The van der Waals surface area contributed by atoms with Gasteiger partial charge in [-0.3, -0.25) is 0 Å². The van der Waals surface area contributed by atoms with Crippen molar-refractivity contribution in [1.29, 1.82) is 0 Å². The second-order valence-corrected chi connectivity index (χ2v) is 7.26. The van der Waals surface area contributed by atoms with Crippen molar-refractivity contribution in [2.24, 2.45) is 0 Å². The van der Waals surface area contributed by atoms with Gasteiger partial charge in [-0.2, -0.15) is 0 Å². The third-order valence-electron chi connectivity index (χ3n) is 5.31. The highest BCUT2D eigenvalue weighted by atomic mass is 16.3. The van der Waals surface area contributed by atoms with Crippen LogP contribution in [0.25, 0.3) is 22.3 Å². The summed E-state index contributed by atoms with van der Waals surface area (Å²) in [4.78, 5) is 0. The van der Waals surface area contributed by atoms with Crippen molar-refractivity contribution in [2.45, 2.75) is 19.3 Å². The summed E-state index contributed by atoms with van der Waals surface area (Å²) in [5.74, 6) is 0.696. The highest BCUT2D eigenvalue weighted by molar-refractivity contribution is 5.89. The highest BCUT2D eigenvalue weighted by Gasteiger charge is 2.17. The Balaban J connectivity index is 1.75. The minimum Gasteiger partial charge on any atom is -0.508 e. The fraction of sp³-hybridized carbons (Fsp3) is 0.111. The number of phenolic OH excluding ortho intramolecular Hbond substituents is 3. The zero-order chi connectivity index (χ0) is 20.9. The zero-order valence-electron chi connectivity index (χ0n) is 16.5. The first-order chi connectivity index (χ1) is 14.6. The first kappa shape index (κ1) is 19.6. The lowest BCUT2D eigenvalue weighted by Gasteiger charge is -2.17. The maximum Gasteiger partial charge on any atom is 0.123 e. The van der Waals surface area contributed by atoms with E-state index in [0.717, 1.165) is 41.5 Å². The number of hydrogen-bond donors (Lipinski definition) is 3. The van der Waals surface area contributed by atoms with Gasteiger partial charge in [0.05, 0.1) is 0 Å². The second kappa shape index (κ2) is 8.75. The van der Waals surface area contributed by atoms with Crippen LogP contribution in [0.2, 0.25) is 0 Å². The Labute approximate surface area is 176 Å². The molecule has 0 aliphatic rings. The molecule has 0 aromatic heterocycles. The Hall–Kier alpha value is -3.72. The van der Waals surface area contributed by atoms with Crippen molar-refractivity contribution in [3.05, 3.63) is 102 Å². The van der Waals surface area contributed by atoms with Gasteiger partial charge in [0, 0.05) is 11.1 Å². The molecule has 0 amide bonds. The summed E-state index contributed by atoms with van der Waals surface area (Å²) in [5, 5.41) is 31.0. The molecule has 4 aromatic rings. The Kier molecular flexibility index (Phi) is 5.71. The van der Waals surface area contributed by atoms with Gasteiger partial charge in [0.25, 0.3) is 0 Å². The zero-order valence-corrected chi connectivity index (χ0v) is 16.5. The third-order valence-corrected chi connectivity index (χ3v) is 5.31. The Morgan fingerprint density at radius 2 is 1.17 bits per heavy atom. The quantitative estimate of drug-likeness (QED) is 0.369. The summed E-state index contributed by atoms with van der Waals surface area (Å²) in [7, 11) is 0. The first-order valence-corrected chi connectivity index (χ1v) is 10.0. The average molecular weight is 395 g/mol. The molecule has 3 nitrogen and oxygen atoms in total. The van der Waals surface area contributed by atoms with E-state index in [1.165, 1.54) is 0 Å². The minimum atomic E-state index is 0.190. The number of phenols is 3. The molecule has 0 saturated heterocycles. The molecule has 0 atom stereocenters. The number of rotatable bonds is 6. The SMILES string of the molecule is Oc1ccccc1CCCc1[c]ccc(-c2ccccc2O)c1-c1ccccc1O. The molecule has 4 aromatic carbocycles. The van der Waals surface area contributed by atoms with Crippen LogP contribution in [-0.4, -0.2) is 15.3 Å². The number of para-hydroxylation sites is 3. The second-order valence-electron chi connectivity index (χ2n) is 7.26. The van der Waals surface area contributed by atoms with Gasteiger partial charge in [0.15, 0.2) is 0 Å². The van der Waals surface area contributed by atoms with Crippen molar-refractivity contribution >= 4 is 0 Å². The molecule has 0 heterocycles. The van der Waals surface area contributed by atoms with Gasteiger partial charge in [-0.25, -0.2) is 0 Å². The van der Waals surface area contributed by atoms with E-state index in [1.54, 1.807) is 30.3 Å². The molecular weight excluding hydrogens is 372 g/mol. The standard InChI is InChI=1S/C27H23O3/c28-24-16-4-1-9-19(24)10-7-11-20-12-8-15-22(21-13-2-5-17-25(21)29)27(20)23-14-3-6-18-26(23)30/h1-6,8-9,13-18,28-30H,7,10-11H2. The molecular formula is C27H23O3. The van der Waals surface area contributed by atoms with Crippen molar-refractivity contribution in [3.63, 3.8) is 0 Å².